The molecule has 0 aliphatic rings. The van der Waals surface area contributed by atoms with Gasteiger partial charge in [0.2, 0.25) is 4.75 Å². The fraction of sp³-hybridized carbons (Fsp3) is 0.857. The number of methoxy groups -OCH3 is 2. The second-order valence-electron chi connectivity index (χ2n) is 5.29. The summed E-state index contributed by atoms with van der Waals surface area (Å²) in [6, 6.07) is 0. The van der Waals surface area contributed by atoms with Crippen LogP contribution in [0.25, 0.3) is 0 Å². The quantitative estimate of drug-likeness (QED) is 0.479. The molecule has 0 amide bonds. The molecule has 0 aromatic rings. The molecule has 0 aliphatic carbocycles. The molecule has 0 fully saturated rings. The predicted octanol–water partition coefficient (Wildman–Crippen LogP) is 1.96. The Hall–Kier alpha value is -1.15. The third-order valence-corrected chi connectivity index (χ3v) is 5.56. The van der Waals surface area contributed by atoms with Crippen LogP contribution >= 0.6 is 0 Å². The average Bonchev–Trinajstić information content (AvgIpc) is 2.48. The van der Waals surface area contributed by atoms with E-state index < -0.39 is 33.2 Å². The summed E-state index contributed by atoms with van der Waals surface area (Å²) in [5, 5.41) is 0. The van der Waals surface area contributed by atoms with E-state index in [1.54, 1.807) is 0 Å². The fourth-order valence-electron chi connectivity index (χ4n) is 2.45. The Morgan fingerprint density at radius 2 is 1.68 bits per heavy atom. The van der Waals surface area contributed by atoms with Gasteiger partial charge in [-0.05, 0) is 12.3 Å². The van der Waals surface area contributed by atoms with Gasteiger partial charge in [-0.2, -0.15) is 8.42 Å². The average molecular weight is 338 g/mol. The highest BCUT2D eigenvalue weighted by atomic mass is 32.2. The molecule has 0 spiro atoms. The molecule has 7 nitrogen and oxygen atoms in total. The van der Waals surface area contributed by atoms with Gasteiger partial charge in [-0.3, -0.25) is 14.1 Å². The van der Waals surface area contributed by atoms with Crippen LogP contribution < -0.4 is 0 Å². The monoisotopic (exact) mass is 338 g/mol. The zero-order valence-electron chi connectivity index (χ0n) is 13.6. The SMILES string of the molecule is CCC(CC)CCCC(CC(=O)OC)(C(=O)OC)S(=O)(=O)O. The number of carbonyl (C=O) groups excluding carboxylic acids is 2. The molecule has 0 saturated heterocycles. The fourth-order valence-corrected chi connectivity index (χ4v) is 3.45. The van der Waals surface area contributed by atoms with Gasteiger partial charge in [0.1, 0.15) is 0 Å². The first-order valence-electron chi connectivity index (χ1n) is 7.30. The lowest BCUT2D eigenvalue weighted by molar-refractivity contribution is -0.150. The summed E-state index contributed by atoms with van der Waals surface area (Å²) in [6.07, 6.45) is 1.98. The molecular formula is C14H26O7S. The summed E-state index contributed by atoms with van der Waals surface area (Å²) in [6.45, 7) is 4.05. The van der Waals surface area contributed by atoms with Gasteiger partial charge in [0.05, 0.1) is 20.6 Å². The van der Waals surface area contributed by atoms with E-state index in [0.717, 1.165) is 27.1 Å². The van der Waals surface area contributed by atoms with Gasteiger partial charge in [-0.25, -0.2) is 0 Å². The summed E-state index contributed by atoms with van der Waals surface area (Å²) in [7, 11) is -2.73. The maximum atomic E-state index is 12.0. The molecule has 0 aromatic heterocycles. The highest BCUT2D eigenvalue weighted by Gasteiger charge is 2.53. The summed E-state index contributed by atoms with van der Waals surface area (Å²) in [5.74, 6) is -1.65. The van der Waals surface area contributed by atoms with Crippen LogP contribution in [0.15, 0.2) is 0 Å². The Kier molecular flexibility index (Phi) is 8.62. The Bertz CT molecular complexity index is 468. The van der Waals surface area contributed by atoms with Gasteiger partial charge in [0, 0.05) is 0 Å². The minimum Gasteiger partial charge on any atom is -0.469 e. The summed E-state index contributed by atoms with van der Waals surface area (Å²) >= 11 is 0. The van der Waals surface area contributed by atoms with Crippen molar-refractivity contribution < 1.29 is 32.0 Å². The van der Waals surface area contributed by atoms with Crippen molar-refractivity contribution in [1.82, 2.24) is 0 Å². The second kappa shape index (κ2) is 9.09. The predicted molar refractivity (Wildman–Crippen MR) is 80.9 cm³/mol. The van der Waals surface area contributed by atoms with Crippen LogP contribution in [0.5, 0.6) is 0 Å². The molecule has 22 heavy (non-hydrogen) atoms. The third-order valence-electron chi connectivity index (χ3n) is 4.06. The summed E-state index contributed by atoms with van der Waals surface area (Å²) < 4.78 is 39.7. The zero-order chi connectivity index (χ0) is 17.4. The topological polar surface area (TPSA) is 107 Å². The third kappa shape index (κ3) is 5.24. The molecule has 1 unspecified atom stereocenters. The van der Waals surface area contributed by atoms with E-state index >= 15 is 0 Å². The zero-order valence-corrected chi connectivity index (χ0v) is 14.4. The minimum absolute atomic E-state index is 0.190. The standard InChI is InChI=1S/C14H26O7S/c1-5-11(6-2)8-7-9-14(13(16)21-4,22(17,18)19)10-12(15)20-3/h11H,5-10H2,1-4H3,(H,17,18,19). The van der Waals surface area contributed by atoms with Crippen molar-refractivity contribution in [3.05, 3.63) is 0 Å². The van der Waals surface area contributed by atoms with Gasteiger partial charge >= 0.3 is 11.9 Å². The van der Waals surface area contributed by atoms with Crippen LogP contribution in [0.1, 0.15) is 52.4 Å². The number of rotatable bonds is 10. The van der Waals surface area contributed by atoms with Crippen molar-refractivity contribution in [2.45, 2.75) is 57.1 Å². The molecule has 1 N–H and O–H groups in total. The smallest absolute Gasteiger partial charge is 0.330 e. The van der Waals surface area contributed by atoms with Crippen LogP contribution in [0.4, 0.5) is 0 Å². The molecule has 8 heteroatoms. The van der Waals surface area contributed by atoms with E-state index in [9.17, 15) is 22.6 Å². The van der Waals surface area contributed by atoms with Gasteiger partial charge in [0.25, 0.3) is 10.1 Å². The van der Waals surface area contributed by atoms with Crippen molar-refractivity contribution in [3.63, 3.8) is 0 Å². The first-order chi connectivity index (χ1) is 10.2. The maximum absolute atomic E-state index is 12.0. The molecule has 0 bridgehead atoms. The van der Waals surface area contributed by atoms with Gasteiger partial charge in [-0.1, -0.05) is 39.5 Å². The molecule has 0 aliphatic heterocycles. The lowest BCUT2D eigenvalue weighted by Crippen LogP contribution is -2.49. The lowest BCUT2D eigenvalue weighted by atomic mass is 9.91. The van der Waals surface area contributed by atoms with E-state index in [1.165, 1.54) is 0 Å². The molecule has 130 valence electrons. The van der Waals surface area contributed by atoms with Gasteiger partial charge < -0.3 is 9.47 Å². The lowest BCUT2D eigenvalue weighted by Gasteiger charge is -2.27. The van der Waals surface area contributed by atoms with Crippen LogP contribution in [0, 0.1) is 5.92 Å². The maximum Gasteiger partial charge on any atom is 0.330 e. The highest BCUT2D eigenvalue weighted by Crippen LogP contribution is 2.31. The summed E-state index contributed by atoms with van der Waals surface area (Å²) in [5.41, 5.74) is 0. The number of esters is 2. The van der Waals surface area contributed by atoms with Crippen molar-refractivity contribution in [1.29, 1.82) is 0 Å². The molecule has 0 radical (unpaired) electrons. The van der Waals surface area contributed by atoms with Gasteiger partial charge in [-0.15, -0.1) is 0 Å². The number of hydrogen-bond donors (Lipinski definition) is 1. The Morgan fingerprint density at radius 1 is 1.14 bits per heavy atom. The molecule has 0 aromatic carbocycles. The van der Waals surface area contributed by atoms with E-state index in [1.807, 2.05) is 13.8 Å². The van der Waals surface area contributed by atoms with E-state index in [4.69, 9.17) is 0 Å². The molecule has 1 atom stereocenters. The molecule has 0 heterocycles. The minimum atomic E-state index is -4.83. The van der Waals surface area contributed by atoms with Crippen molar-refractivity contribution >= 4 is 22.1 Å². The Morgan fingerprint density at radius 3 is 2.05 bits per heavy atom. The molecule has 0 rings (SSSR count). The Balaban J connectivity index is 5.38. The van der Waals surface area contributed by atoms with E-state index in [0.29, 0.717) is 18.8 Å². The van der Waals surface area contributed by atoms with Crippen molar-refractivity contribution in [2.75, 3.05) is 14.2 Å². The molecule has 0 saturated carbocycles. The van der Waals surface area contributed by atoms with Crippen LogP contribution in [0.3, 0.4) is 0 Å². The number of hydrogen-bond acceptors (Lipinski definition) is 6. The summed E-state index contributed by atoms with van der Waals surface area (Å²) in [4.78, 5) is 23.5. The van der Waals surface area contributed by atoms with Crippen LogP contribution in [-0.2, 0) is 29.2 Å². The van der Waals surface area contributed by atoms with Crippen LogP contribution in [-0.4, -0.2) is 43.9 Å². The second-order valence-corrected chi connectivity index (χ2v) is 7.02. The van der Waals surface area contributed by atoms with E-state index in [-0.39, 0.29) is 6.42 Å². The van der Waals surface area contributed by atoms with Crippen molar-refractivity contribution in [3.8, 4) is 0 Å². The normalized spacial score (nSPS) is 14.5. The first-order valence-corrected chi connectivity index (χ1v) is 8.74. The number of carbonyl (C=O) groups is 2. The van der Waals surface area contributed by atoms with E-state index in [2.05, 4.69) is 9.47 Å². The first kappa shape index (κ1) is 20.9. The number of ether oxygens (including phenoxy) is 2. The highest BCUT2D eigenvalue weighted by molar-refractivity contribution is 7.88. The van der Waals surface area contributed by atoms with Crippen LogP contribution in [0.2, 0.25) is 0 Å². The Labute approximate surface area is 132 Å². The largest absolute Gasteiger partial charge is 0.469 e. The van der Waals surface area contributed by atoms with Crippen molar-refractivity contribution in [2.24, 2.45) is 5.92 Å². The van der Waals surface area contributed by atoms with Gasteiger partial charge in [0.15, 0.2) is 0 Å². The molecular weight excluding hydrogens is 312 g/mol.